The molecule has 5 heteroatoms. The van der Waals surface area contributed by atoms with Crippen molar-refractivity contribution in [1.82, 2.24) is 14.9 Å². The number of nitrogens with one attached hydrogen (secondary N) is 1. The van der Waals surface area contributed by atoms with Crippen LogP contribution in [0.25, 0.3) is 0 Å². The van der Waals surface area contributed by atoms with E-state index in [1.165, 1.54) is 0 Å². The molecule has 17 heavy (non-hydrogen) atoms. The van der Waals surface area contributed by atoms with Gasteiger partial charge in [0.1, 0.15) is 0 Å². The van der Waals surface area contributed by atoms with Crippen LogP contribution in [-0.2, 0) is 0 Å². The fraction of sp³-hybridized carbons (Fsp3) is 0.250. The molecular weight excluding hydrogens is 232 g/mol. The first-order valence-corrected chi connectivity index (χ1v) is 5.86. The Balaban J connectivity index is 2.33. The third-order valence-corrected chi connectivity index (χ3v) is 2.58. The van der Waals surface area contributed by atoms with E-state index in [4.69, 9.17) is 12.2 Å². The Morgan fingerprint density at radius 1 is 1.35 bits per heavy atom. The van der Waals surface area contributed by atoms with Gasteiger partial charge in [-0.1, -0.05) is 44.2 Å². The Kier molecular flexibility index (Phi) is 3.49. The molecule has 0 bridgehead atoms. The molecule has 0 fully saturated rings. The van der Waals surface area contributed by atoms with Crippen molar-refractivity contribution in [1.29, 1.82) is 0 Å². The summed E-state index contributed by atoms with van der Waals surface area (Å²) >= 11 is 5.14. The minimum absolute atomic E-state index is 0.274. The van der Waals surface area contributed by atoms with Gasteiger partial charge in [-0.15, -0.1) is 0 Å². The van der Waals surface area contributed by atoms with Gasteiger partial charge in [-0.3, -0.25) is 5.10 Å². The highest BCUT2D eigenvalue weighted by molar-refractivity contribution is 7.71. The number of H-pyrrole nitrogens is 1. The van der Waals surface area contributed by atoms with E-state index in [2.05, 4.69) is 29.1 Å². The van der Waals surface area contributed by atoms with Gasteiger partial charge < -0.3 is 0 Å². The van der Waals surface area contributed by atoms with Crippen LogP contribution >= 0.6 is 12.2 Å². The Morgan fingerprint density at radius 3 is 2.71 bits per heavy atom. The second kappa shape index (κ2) is 5.05. The molecule has 1 aromatic heterocycles. The fourth-order valence-electron chi connectivity index (χ4n) is 1.45. The number of nitrogens with zero attached hydrogens (tertiary/aromatic N) is 3. The van der Waals surface area contributed by atoms with Gasteiger partial charge in [0.2, 0.25) is 4.77 Å². The van der Waals surface area contributed by atoms with Gasteiger partial charge in [0.15, 0.2) is 5.82 Å². The quantitative estimate of drug-likeness (QED) is 0.668. The van der Waals surface area contributed by atoms with Crippen molar-refractivity contribution >= 4 is 18.4 Å². The monoisotopic (exact) mass is 246 g/mol. The Morgan fingerprint density at radius 2 is 2.06 bits per heavy atom. The molecule has 0 unspecified atom stereocenters. The third-order valence-electron chi connectivity index (χ3n) is 2.31. The van der Waals surface area contributed by atoms with Gasteiger partial charge in [-0.25, -0.2) is 0 Å². The molecule has 0 aliphatic rings. The lowest BCUT2D eigenvalue weighted by atomic mass is 10.2. The smallest absolute Gasteiger partial charge is 0.216 e. The fourth-order valence-corrected chi connectivity index (χ4v) is 1.64. The second-order valence-electron chi connectivity index (χ2n) is 4.01. The maximum atomic E-state index is 5.14. The Bertz CT molecular complexity index is 566. The molecule has 0 saturated heterocycles. The lowest BCUT2D eigenvalue weighted by Gasteiger charge is -2.02. The molecule has 0 aliphatic heterocycles. The summed E-state index contributed by atoms with van der Waals surface area (Å²) in [5.41, 5.74) is 1.03. The van der Waals surface area contributed by atoms with Gasteiger partial charge in [0.25, 0.3) is 0 Å². The number of benzene rings is 1. The molecule has 0 saturated carbocycles. The molecule has 0 spiro atoms. The molecule has 1 heterocycles. The number of hydrogen-bond acceptors (Lipinski definition) is 3. The summed E-state index contributed by atoms with van der Waals surface area (Å²) in [6, 6.07) is 9.89. The van der Waals surface area contributed by atoms with Crippen molar-refractivity contribution in [3.05, 3.63) is 46.5 Å². The molecule has 2 rings (SSSR count). The van der Waals surface area contributed by atoms with Crippen LogP contribution in [-0.4, -0.2) is 21.1 Å². The van der Waals surface area contributed by atoms with Crippen LogP contribution in [0.5, 0.6) is 0 Å². The highest BCUT2D eigenvalue weighted by Crippen LogP contribution is 2.11. The molecular formula is C12H14N4S. The van der Waals surface area contributed by atoms with Crippen molar-refractivity contribution < 1.29 is 0 Å². The van der Waals surface area contributed by atoms with E-state index in [9.17, 15) is 0 Å². The molecule has 2 aromatic rings. The summed E-state index contributed by atoms with van der Waals surface area (Å²) in [6.45, 7) is 4.11. The highest BCUT2D eigenvalue weighted by Gasteiger charge is 2.08. The predicted molar refractivity (Wildman–Crippen MR) is 70.9 cm³/mol. The molecule has 0 aliphatic carbocycles. The van der Waals surface area contributed by atoms with Crippen molar-refractivity contribution in [2.24, 2.45) is 5.10 Å². The van der Waals surface area contributed by atoms with Crippen LogP contribution in [0.1, 0.15) is 31.2 Å². The predicted octanol–water partition coefficient (Wildman–Crippen LogP) is 2.95. The van der Waals surface area contributed by atoms with Crippen molar-refractivity contribution in [3.8, 4) is 0 Å². The van der Waals surface area contributed by atoms with Gasteiger partial charge in [-0.05, 0) is 17.8 Å². The topological polar surface area (TPSA) is 46.0 Å². The van der Waals surface area contributed by atoms with Crippen LogP contribution in [0.3, 0.4) is 0 Å². The molecule has 1 N–H and O–H groups in total. The average molecular weight is 246 g/mol. The molecule has 88 valence electrons. The lowest BCUT2D eigenvalue weighted by Crippen LogP contribution is -2.00. The van der Waals surface area contributed by atoms with E-state index in [1.54, 1.807) is 10.9 Å². The van der Waals surface area contributed by atoms with Crippen LogP contribution in [0.2, 0.25) is 0 Å². The maximum Gasteiger partial charge on any atom is 0.216 e. The van der Waals surface area contributed by atoms with Gasteiger partial charge in [-0.2, -0.15) is 14.9 Å². The summed E-state index contributed by atoms with van der Waals surface area (Å²) in [4.78, 5) is 0. The standard InChI is InChI=1S/C12H14N4S/c1-9(2)11-14-15-12(17)16(11)13-8-10-6-4-3-5-7-10/h3-9H,1-2H3,(H,15,17)/b13-8+. The van der Waals surface area contributed by atoms with Crippen molar-refractivity contribution in [2.75, 3.05) is 0 Å². The van der Waals surface area contributed by atoms with Gasteiger partial charge >= 0.3 is 0 Å². The summed E-state index contributed by atoms with van der Waals surface area (Å²) in [6.07, 6.45) is 1.78. The molecule has 1 aromatic carbocycles. The second-order valence-corrected chi connectivity index (χ2v) is 4.40. The highest BCUT2D eigenvalue weighted by atomic mass is 32.1. The summed E-state index contributed by atoms with van der Waals surface area (Å²) in [5, 5.41) is 11.3. The van der Waals surface area contributed by atoms with Crippen LogP contribution in [0, 0.1) is 4.77 Å². The van der Waals surface area contributed by atoms with Gasteiger partial charge in [0.05, 0.1) is 6.21 Å². The first-order chi connectivity index (χ1) is 8.18. The van der Waals surface area contributed by atoms with Crippen molar-refractivity contribution in [2.45, 2.75) is 19.8 Å². The van der Waals surface area contributed by atoms with E-state index in [0.717, 1.165) is 11.4 Å². The number of hydrogen-bond donors (Lipinski definition) is 1. The Hall–Kier alpha value is -1.75. The van der Waals surface area contributed by atoms with E-state index in [0.29, 0.717) is 4.77 Å². The number of aromatic nitrogens is 3. The molecule has 0 atom stereocenters. The SMILES string of the molecule is CC(C)c1n[nH]c(=S)n1/N=C/c1ccccc1. The van der Waals surface area contributed by atoms with Crippen LogP contribution in [0.4, 0.5) is 0 Å². The van der Waals surface area contributed by atoms with E-state index >= 15 is 0 Å². The number of aromatic amines is 1. The summed E-state index contributed by atoms with van der Waals surface area (Å²) in [7, 11) is 0. The lowest BCUT2D eigenvalue weighted by molar-refractivity contribution is 0.695. The van der Waals surface area contributed by atoms with Crippen LogP contribution in [0.15, 0.2) is 35.4 Å². The zero-order chi connectivity index (χ0) is 12.3. The Labute approximate surface area is 105 Å². The normalized spacial score (nSPS) is 11.5. The largest absolute Gasteiger partial charge is 0.250 e. The first kappa shape index (κ1) is 11.7. The molecule has 0 amide bonds. The average Bonchev–Trinajstić information content (AvgIpc) is 2.69. The minimum atomic E-state index is 0.274. The number of rotatable bonds is 3. The third kappa shape index (κ3) is 2.68. The van der Waals surface area contributed by atoms with E-state index < -0.39 is 0 Å². The van der Waals surface area contributed by atoms with E-state index in [-0.39, 0.29) is 5.92 Å². The van der Waals surface area contributed by atoms with Crippen LogP contribution < -0.4 is 0 Å². The first-order valence-electron chi connectivity index (χ1n) is 5.45. The zero-order valence-corrected chi connectivity index (χ0v) is 10.6. The van der Waals surface area contributed by atoms with Gasteiger partial charge in [0, 0.05) is 5.92 Å². The maximum absolute atomic E-state index is 5.14. The zero-order valence-electron chi connectivity index (χ0n) is 9.79. The summed E-state index contributed by atoms with van der Waals surface area (Å²) < 4.78 is 2.17. The molecule has 0 radical (unpaired) electrons. The van der Waals surface area contributed by atoms with Crippen molar-refractivity contribution in [3.63, 3.8) is 0 Å². The van der Waals surface area contributed by atoms with E-state index in [1.807, 2.05) is 30.3 Å². The minimum Gasteiger partial charge on any atom is -0.250 e. The summed E-state index contributed by atoms with van der Waals surface area (Å²) in [5.74, 6) is 1.11. The molecule has 4 nitrogen and oxygen atoms in total.